The number of carbonyl (C=O) groups excluding carboxylic acids is 2. The molecule has 3 rings (SSSR count). The minimum absolute atomic E-state index is 0.0877. The van der Waals surface area contributed by atoms with Crippen LogP contribution in [-0.4, -0.2) is 27.7 Å². The molecule has 2 N–H and O–H groups in total. The third-order valence-electron chi connectivity index (χ3n) is 4.55. The Labute approximate surface area is 145 Å². The van der Waals surface area contributed by atoms with E-state index >= 15 is 0 Å². The first kappa shape index (κ1) is 17.1. The van der Waals surface area contributed by atoms with E-state index < -0.39 is 5.56 Å². The van der Waals surface area contributed by atoms with Crippen LogP contribution in [0.25, 0.3) is 5.65 Å². The molecule has 0 unspecified atom stereocenters. The predicted molar refractivity (Wildman–Crippen MR) is 94.7 cm³/mol. The fraction of sp³-hybridized carbons (Fsp3) is 0.444. The van der Waals surface area contributed by atoms with Gasteiger partial charge >= 0.3 is 0 Å². The van der Waals surface area contributed by atoms with E-state index in [9.17, 15) is 14.4 Å². The number of anilines is 1. The van der Waals surface area contributed by atoms with Crippen LogP contribution in [0.4, 0.5) is 5.69 Å². The van der Waals surface area contributed by atoms with Gasteiger partial charge in [0.1, 0.15) is 11.3 Å². The van der Waals surface area contributed by atoms with E-state index in [-0.39, 0.29) is 17.5 Å². The standard InChI is InChI=1S/C18H22N4O3/c1-12(23)21-15-10-19-16-8-7-14(11-22(16)18(15)25)17(24)20-9-13-5-3-2-4-6-13/h7-8,10-11,13H,2-6,9H2,1H3,(H,20,24)(H,21,23). The molecule has 7 nitrogen and oxygen atoms in total. The first-order valence-corrected chi connectivity index (χ1v) is 8.62. The average molecular weight is 342 g/mol. The molecule has 7 heteroatoms. The summed E-state index contributed by atoms with van der Waals surface area (Å²) in [7, 11) is 0. The number of hydrogen-bond acceptors (Lipinski definition) is 4. The van der Waals surface area contributed by atoms with Crippen LogP contribution in [0.5, 0.6) is 0 Å². The van der Waals surface area contributed by atoms with Gasteiger partial charge in [-0.25, -0.2) is 4.98 Å². The Balaban J connectivity index is 1.79. The van der Waals surface area contributed by atoms with Crippen molar-refractivity contribution in [2.75, 3.05) is 11.9 Å². The predicted octanol–water partition coefficient (Wildman–Crippen LogP) is 1.96. The highest BCUT2D eigenvalue weighted by atomic mass is 16.2. The zero-order chi connectivity index (χ0) is 17.8. The summed E-state index contributed by atoms with van der Waals surface area (Å²) in [6.45, 7) is 1.99. The molecule has 1 aliphatic carbocycles. The van der Waals surface area contributed by atoms with Crippen molar-refractivity contribution in [3.63, 3.8) is 0 Å². The van der Waals surface area contributed by atoms with Crippen molar-refractivity contribution in [3.8, 4) is 0 Å². The van der Waals surface area contributed by atoms with Gasteiger partial charge in [0.2, 0.25) is 5.91 Å². The lowest BCUT2D eigenvalue weighted by Crippen LogP contribution is -2.31. The Morgan fingerprint density at radius 2 is 2.00 bits per heavy atom. The van der Waals surface area contributed by atoms with Gasteiger partial charge in [0.25, 0.3) is 11.5 Å². The second kappa shape index (κ2) is 7.46. The van der Waals surface area contributed by atoms with Gasteiger partial charge < -0.3 is 10.6 Å². The lowest BCUT2D eigenvalue weighted by Gasteiger charge is -2.21. The number of rotatable bonds is 4. The minimum Gasteiger partial charge on any atom is -0.352 e. The molecule has 0 radical (unpaired) electrons. The summed E-state index contributed by atoms with van der Waals surface area (Å²) in [6.07, 6.45) is 8.83. The maximum absolute atomic E-state index is 12.4. The number of aromatic nitrogens is 2. The number of hydrogen-bond donors (Lipinski definition) is 2. The molecule has 2 aromatic rings. The van der Waals surface area contributed by atoms with Crippen molar-refractivity contribution >= 4 is 23.1 Å². The summed E-state index contributed by atoms with van der Waals surface area (Å²) in [5.41, 5.74) is 0.488. The lowest BCUT2D eigenvalue weighted by atomic mass is 9.89. The minimum atomic E-state index is -0.415. The van der Waals surface area contributed by atoms with Gasteiger partial charge in [-0.2, -0.15) is 0 Å². The fourth-order valence-corrected chi connectivity index (χ4v) is 3.22. The molecule has 132 valence electrons. The van der Waals surface area contributed by atoms with Crippen LogP contribution in [-0.2, 0) is 4.79 Å². The Kier molecular flexibility index (Phi) is 5.11. The third kappa shape index (κ3) is 4.04. The molecule has 25 heavy (non-hydrogen) atoms. The quantitative estimate of drug-likeness (QED) is 0.888. The zero-order valence-electron chi connectivity index (χ0n) is 14.2. The number of fused-ring (bicyclic) bond motifs is 1. The van der Waals surface area contributed by atoms with Gasteiger partial charge in [-0.3, -0.25) is 18.8 Å². The van der Waals surface area contributed by atoms with E-state index in [1.54, 1.807) is 12.1 Å². The highest BCUT2D eigenvalue weighted by Crippen LogP contribution is 2.22. The van der Waals surface area contributed by atoms with E-state index in [1.807, 2.05) is 0 Å². The normalized spacial score (nSPS) is 15.1. The molecule has 1 fully saturated rings. The van der Waals surface area contributed by atoms with Crippen LogP contribution in [0.15, 0.2) is 29.3 Å². The smallest absolute Gasteiger partial charge is 0.281 e. The van der Waals surface area contributed by atoms with Gasteiger partial charge in [0, 0.05) is 19.7 Å². The first-order valence-electron chi connectivity index (χ1n) is 8.62. The third-order valence-corrected chi connectivity index (χ3v) is 4.55. The molecule has 2 amide bonds. The van der Waals surface area contributed by atoms with Crippen molar-refractivity contribution in [1.82, 2.24) is 14.7 Å². The lowest BCUT2D eigenvalue weighted by molar-refractivity contribution is -0.114. The number of carbonyl (C=O) groups is 2. The molecular weight excluding hydrogens is 320 g/mol. The van der Waals surface area contributed by atoms with Crippen LogP contribution >= 0.6 is 0 Å². The van der Waals surface area contributed by atoms with E-state index in [1.165, 1.54) is 43.0 Å². The van der Waals surface area contributed by atoms with Crippen molar-refractivity contribution in [2.45, 2.75) is 39.0 Å². The molecule has 0 aliphatic heterocycles. The van der Waals surface area contributed by atoms with Gasteiger partial charge in [-0.05, 0) is 30.9 Å². The molecule has 2 heterocycles. The molecule has 2 aromatic heterocycles. The molecule has 0 spiro atoms. The second-order valence-corrected chi connectivity index (χ2v) is 6.52. The molecule has 0 saturated heterocycles. The second-order valence-electron chi connectivity index (χ2n) is 6.52. The Morgan fingerprint density at radius 1 is 1.24 bits per heavy atom. The summed E-state index contributed by atoms with van der Waals surface area (Å²) in [6, 6.07) is 3.27. The number of pyridine rings is 1. The van der Waals surface area contributed by atoms with Crippen LogP contribution in [0, 0.1) is 5.92 Å². The average Bonchev–Trinajstić information content (AvgIpc) is 2.62. The maximum Gasteiger partial charge on any atom is 0.281 e. The monoisotopic (exact) mass is 342 g/mol. The molecule has 0 aromatic carbocycles. The Bertz CT molecular complexity index is 853. The van der Waals surface area contributed by atoms with Crippen molar-refractivity contribution in [2.24, 2.45) is 5.92 Å². The SMILES string of the molecule is CC(=O)Nc1cnc2ccc(C(=O)NCC3CCCCC3)cn2c1=O. The van der Waals surface area contributed by atoms with Gasteiger partial charge in [-0.1, -0.05) is 19.3 Å². The fourth-order valence-electron chi connectivity index (χ4n) is 3.22. The van der Waals surface area contributed by atoms with Gasteiger partial charge in [-0.15, -0.1) is 0 Å². The molecule has 1 saturated carbocycles. The molecular formula is C18H22N4O3. The van der Waals surface area contributed by atoms with Crippen LogP contribution < -0.4 is 16.2 Å². The number of amides is 2. The Hall–Kier alpha value is -2.70. The molecule has 1 aliphatic rings. The van der Waals surface area contributed by atoms with Crippen molar-refractivity contribution in [1.29, 1.82) is 0 Å². The largest absolute Gasteiger partial charge is 0.352 e. The van der Waals surface area contributed by atoms with Crippen LogP contribution in [0.3, 0.4) is 0 Å². The van der Waals surface area contributed by atoms with Crippen LogP contribution in [0.2, 0.25) is 0 Å². The summed E-state index contributed by atoms with van der Waals surface area (Å²) in [4.78, 5) is 40.1. The van der Waals surface area contributed by atoms with Crippen molar-refractivity contribution in [3.05, 3.63) is 40.4 Å². The summed E-state index contributed by atoms with van der Waals surface area (Å²) >= 11 is 0. The zero-order valence-corrected chi connectivity index (χ0v) is 14.2. The highest BCUT2D eigenvalue weighted by molar-refractivity contribution is 5.94. The number of nitrogens with one attached hydrogen (secondary N) is 2. The summed E-state index contributed by atoms with van der Waals surface area (Å²) < 4.78 is 1.28. The van der Waals surface area contributed by atoms with E-state index in [4.69, 9.17) is 0 Å². The molecule has 0 bridgehead atoms. The highest BCUT2D eigenvalue weighted by Gasteiger charge is 2.15. The maximum atomic E-state index is 12.4. The molecule has 0 atom stereocenters. The first-order chi connectivity index (χ1) is 12.0. The van der Waals surface area contributed by atoms with E-state index in [0.29, 0.717) is 23.7 Å². The van der Waals surface area contributed by atoms with Crippen molar-refractivity contribution < 1.29 is 9.59 Å². The number of nitrogens with zero attached hydrogens (tertiary/aromatic N) is 2. The Morgan fingerprint density at radius 3 is 2.72 bits per heavy atom. The van der Waals surface area contributed by atoms with E-state index in [2.05, 4.69) is 15.6 Å². The summed E-state index contributed by atoms with van der Waals surface area (Å²) in [5.74, 6) is -0.0153. The van der Waals surface area contributed by atoms with Gasteiger partial charge in [0.05, 0.1) is 11.8 Å². The van der Waals surface area contributed by atoms with E-state index in [0.717, 1.165) is 12.8 Å². The van der Waals surface area contributed by atoms with Gasteiger partial charge in [0.15, 0.2) is 0 Å². The topological polar surface area (TPSA) is 92.6 Å². The summed E-state index contributed by atoms with van der Waals surface area (Å²) in [5, 5.41) is 5.40. The van der Waals surface area contributed by atoms with Crippen LogP contribution in [0.1, 0.15) is 49.4 Å².